The molecule has 2 aromatic rings. The Morgan fingerprint density at radius 3 is 2.61 bits per heavy atom. The van der Waals surface area contributed by atoms with Crippen molar-refractivity contribution in [2.24, 2.45) is 0 Å². The predicted octanol–water partition coefficient (Wildman–Crippen LogP) is 6.27. The highest BCUT2D eigenvalue weighted by Gasteiger charge is 2.29. The third kappa shape index (κ3) is 7.17. The van der Waals surface area contributed by atoms with Gasteiger partial charge >= 0.3 is 0 Å². The molecule has 1 aromatic heterocycles. The Morgan fingerprint density at radius 1 is 1.28 bits per heavy atom. The standard InChI is InChI=1S/C20H30N4.C10H14N2/c1-7-9-10-12-24-20-15(3)13-23(14-18(20)16(4)22-24)17(5)19(21-6)11-8-2;1-3-8-5-6-9(12-4-2)7-10(8)11/h7,9-11,15,21H,1,5,8,12-14H2,2-4,6H3;4-7,12H,2-3,11H2,1H3/b10-9+,19-11-;. The van der Waals surface area contributed by atoms with Gasteiger partial charge in [0.2, 0.25) is 0 Å². The summed E-state index contributed by atoms with van der Waals surface area (Å²) in [6.45, 7) is 22.9. The molecular weight excluding hydrogens is 444 g/mol. The second kappa shape index (κ2) is 14.0. The molecule has 1 atom stereocenters. The van der Waals surface area contributed by atoms with Gasteiger partial charge in [-0.15, -0.1) is 0 Å². The quantitative estimate of drug-likeness (QED) is 0.272. The number of fused-ring (bicyclic) bond motifs is 1. The van der Waals surface area contributed by atoms with Crippen LogP contribution in [0.15, 0.2) is 79.8 Å². The first-order chi connectivity index (χ1) is 17.3. The lowest BCUT2D eigenvalue weighted by Gasteiger charge is -2.35. The van der Waals surface area contributed by atoms with E-state index in [4.69, 9.17) is 10.8 Å². The number of hydrogen-bond donors (Lipinski definition) is 3. The van der Waals surface area contributed by atoms with E-state index < -0.39 is 0 Å². The molecule has 3 rings (SSSR count). The van der Waals surface area contributed by atoms with E-state index in [1.807, 2.05) is 31.3 Å². The number of nitrogens with zero attached hydrogens (tertiary/aromatic N) is 3. The molecule has 0 amide bonds. The molecule has 194 valence electrons. The fraction of sp³-hybridized carbons (Fsp3) is 0.367. The number of anilines is 2. The van der Waals surface area contributed by atoms with Crippen LogP contribution in [0.25, 0.3) is 0 Å². The Kier molecular flexibility index (Phi) is 11.1. The highest BCUT2D eigenvalue weighted by molar-refractivity contribution is 5.59. The summed E-state index contributed by atoms with van der Waals surface area (Å²) >= 11 is 0. The van der Waals surface area contributed by atoms with Gasteiger partial charge in [-0.3, -0.25) is 4.68 Å². The topological polar surface area (TPSA) is 71.1 Å². The number of benzene rings is 1. The third-order valence-electron chi connectivity index (χ3n) is 6.32. The van der Waals surface area contributed by atoms with Crippen molar-refractivity contribution >= 4 is 11.4 Å². The zero-order chi connectivity index (χ0) is 26.7. The van der Waals surface area contributed by atoms with E-state index in [2.05, 4.69) is 79.8 Å². The fourth-order valence-corrected chi connectivity index (χ4v) is 4.52. The van der Waals surface area contributed by atoms with Crippen LogP contribution < -0.4 is 16.4 Å². The first-order valence-corrected chi connectivity index (χ1v) is 12.7. The van der Waals surface area contributed by atoms with Crippen LogP contribution in [0, 0.1) is 6.92 Å². The van der Waals surface area contributed by atoms with Crippen LogP contribution >= 0.6 is 0 Å². The molecule has 0 aliphatic carbocycles. The molecule has 0 radical (unpaired) electrons. The average Bonchev–Trinajstić information content (AvgIpc) is 3.18. The Hall–Kier alpha value is -3.67. The number of aryl methyl sites for hydroxylation is 2. The van der Waals surface area contributed by atoms with Crippen molar-refractivity contribution in [1.29, 1.82) is 0 Å². The zero-order valence-electron chi connectivity index (χ0n) is 22.8. The summed E-state index contributed by atoms with van der Waals surface area (Å²) in [6.07, 6.45) is 11.7. The van der Waals surface area contributed by atoms with Crippen LogP contribution in [-0.2, 0) is 19.5 Å². The molecule has 6 heteroatoms. The maximum absolute atomic E-state index is 5.79. The molecule has 6 nitrogen and oxygen atoms in total. The molecule has 1 unspecified atom stereocenters. The lowest BCUT2D eigenvalue weighted by Crippen LogP contribution is -2.34. The normalized spacial score (nSPS) is 15.1. The van der Waals surface area contributed by atoms with E-state index in [1.54, 1.807) is 12.3 Å². The molecule has 1 aliphatic rings. The molecule has 0 saturated carbocycles. The molecule has 1 aliphatic heterocycles. The number of hydrogen-bond acceptors (Lipinski definition) is 5. The van der Waals surface area contributed by atoms with E-state index in [0.29, 0.717) is 5.92 Å². The smallest absolute Gasteiger partial charge is 0.0646 e. The fourth-order valence-electron chi connectivity index (χ4n) is 4.52. The van der Waals surface area contributed by atoms with Crippen LogP contribution in [0.1, 0.15) is 55.6 Å². The summed E-state index contributed by atoms with van der Waals surface area (Å²) in [5, 5.41) is 11.0. The Bertz CT molecular complexity index is 1100. The average molecular weight is 489 g/mol. The van der Waals surface area contributed by atoms with E-state index in [1.165, 1.54) is 16.8 Å². The Labute approximate surface area is 218 Å². The number of likely N-dealkylation sites (N-methyl/N-ethyl adjacent to an activating group) is 1. The molecule has 0 bridgehead atoms. The number of nitrogen functional groups attached to an aromatic ring is 1. The van der Waals surface area contributed by atoms with Crippen molar-refractivity contribution in [3.8, 4) is 0 Å². The van der Waals surface area contributed by atoms with Crippen molar-refractivity contribution in [2.45, 2.75) is 59.5 Å². The molecule has 0 fully saturated rings. The van der Waals surface area contributed by atoms with Gasteiger partial charge in [-0.2, -0.15) is 5.10 Å². The van der Waals surface area contributed by atoms with Gasteiger partial charge in [0, 0.05) is 48.7 Å². The first kappa shape index (κ1) is 28.6. The van der Waals surface area contributed by atoms with Gasteiger partial charge in [-0.1, -0.05) is 70.9 Å². The summed E-state index contributed by atoms with van der Waals surface area (Å²) in [6, 6.07) is 5.94. The molecule has 4 N–H and O–H groups in total. The second-order valence-corrected chi connectivity index (χ2v) is 8.92. The van der Waals surface area contributed by atoms with Crippen LogP contribution in [-0.4, -0.2) is 28.3 Å². The lowest BCUT2D eigenvalue weighted by atomic mass is 9.95. The van der Waals surface area contributed by atoms with E-state index >= 15 is 0 Å². The number of nitrogens with one attached hydrogen (secondary N) is 2. The van der Waals surface area contributed by atoms with Crippen molar-refractivity contribution in [2.75, 3.05) is 24.6 Å². The molecule has 0 spiro atoms. The number of nitrogens with two attached hydrogens (primary N) is 1. The van der Waals surface area contributed by atoms with Crippen LogP contribution in [0.2, 0.25) is 0 Å². The number of allylic oxidation sites excluding steroid dienone is 4. The number of aromatic nitrogens is 2. The summed E-state index contributed by atoms with van der Waals surface area (Å²) < 4.78 is 2.14. The lowest BCUT2D eigenvalue weighted by molar-refractivity contribution is 0.294. The highest BCUT2D eigenvalue weighted by atomic mass is 15.3. The molecule has 2 heterocycles. The van der Waals surface area contributed by atoms with Crippen LogP contribution in [0.3, 0.4) is 0 Å². The van der Waals surface area contributed by atoms with Crippen molar-refractivity contribution in [1.82, 2.24) is 20.0 Å². The van der Waals surface area contributed by atoms with Crippen molar-refractivity contribution < 1.29 is 0 Å². The molecule has 36 heavy (non-hydrogen) atoms. The predicted molar refractivity (Wildman–Crippen MR) is 156 cm³/mol. The Morgan fingerprint density at radius 2 is 2.03 bits per heavy atom. The summed E-state index contributed by atoms with van der Waals surface area (Å²) in [5.74, 6) is 0.420. The molecular formula is C30H44N6. The zero-order valence-corrected chi connectivity index (χ0v) is 22.8. The third-order valence-corrected chi connectivity index (χ3v) is 6.32. The minimum Gasteiger partial charge on any atom is -0.398 e. The van der Waals surface area contributed by atoms with Gasteiger partial charge in [-0.25, -0.2) is 0 Å². The van der Waals surface area contributed by atoms with Crippen LogP contribution in [0.4, 0.5) is 11.4 Å². The van der Waals surface area contributed by atoms with Gasteiger partial charge in [0.25, 0.3) is 0 Å². The SMILES string of the molecule is C=C/C=C/Cn1nc(C)c2c1C(C)CN(C(=C)/C(=C/CC)NC)C2.C=CNc1ccc(CC)c(N)c1. The minimum atomic E-state index is 0.420. The number of rotatable bonds is 10. The first-order valence-electron chi connectivity index (χ1n) is 12.7. The summed E-state index contributed by atoms with van der Waals surface area (Å²) in [4.78, 5) is 2.36. The van der Waals surface area contributed by atoms with Gasteiger partial charge in [0.1, 0.15) is 0 Å². The van der Waals surface area contributed by atoms with E-state index in [0.717, 1.165) is 60.9 Å². The van der Waals surface area contributed by atoms with Gasteiger partial charge in [0.05, 0.1) is 23.6 Å². The van der Waals surface area contributed by atoms with Gasteiger partial charge < -0.3 is 21.3 Å². The minimum absolute atomic E-state index is 0.420. The van der Waals surface area contributed by atoms with Crippen molar-refractivity contribution in [3.05, 3.63) is 102 Å². The maximum Gasteiger partial charge on any atom is 0.0646 e. The van der Waals surface area contributed by atoms with Crippen molar-refractivity contribution in [3.63, 3.8) is 0 Å². The monoisotopic (exact) mass is 488 g/mol. The largest absolute Gasteiger partial charge is 0.398 e. The Balaban J connectivity index is 0.000000319. The van der Waals surface area contributed by atoms with Gasteiger partial charge in [0.15, 0.2) is 0 Å². The summed E-state index contributed by atoms with van der Waals surface area (Å²) in [7, 11) is 1.96. The van der Waals surface area contributed by atoms with E-state index in [-0.39, 0.29) is 0 Å². The summed E-state index contributed by atoms with van der Waals surface area (Å²) in [5.41, 5.74) is 14.8. The van der Waals surface area contributed by atoms with E-state index in [9.17, 15) is 0 Å². The molecule has 0 saturated heterocycles. The highest BCUT2D eigenvalue weighted by Crippen LogP contribution is 2.33. The van der Waals surface area contributed by atoms with Crippen LogP contribution in [0.5, 0.6) is 0 Å². The molecule has 1 aromatic carbocycles. The second-order valence-electron chi connectivity index (χ2n) is 8.92. The maximum atomic E-state index is 5.79. The van der Waals surface area contributed by atoms with Gasteiger partial charge in [-0.05, 0) is 43.7 Å².